The molecule has 56 valence electrons. The molecule has 0 bridgehead atoms. The highest BCUT2D eigenvalue weighted by atomic mass is 35.5. The first-order valence-electron chi connectivity index (χ1n) is 3.22. The van der Waals surface area contributed by atoms with Gasteiger partial charge in [0.2, 0.25) is 0 Å². The van der Waals surface area contributed by atoms with Gasteiger partial charge in [-0.15, -0.1) is 0 Å². The van der Waals surface area contributed by atoms with Crippen molar-refractivity contribution in [3.8, 4) is 0 Å². The molecule has 0 rings (SSSR count). The van der Waals surface area contributed by atoms with E-state index in [0.29, 0.717) is 0 Å². The number of hydrogen-bond donors (Lipinski definition) is 0. The van der Waals surface area contributed by atoms with Crippen LogP contribution >= 0.6 is 11.6 Å². The van der Waals surface area contributed by atoms with Crippen molar-refractivity contribution in [1.29, 1.82) is 0 Å². The van der Waals surface area contributed by atoms with Crippen LogP contribution in [-0.4, -0.2) is 0 Å². The van der Waals surface area contributed by atoms with Crippen LogP contribution in [0, 0.1) is 0 Å². The van der Waals surface area contributed by atoms with Crippen molar-refractivity contribution < 1.29 is 0 Å². The zero-order chi connectivity index (χ0) is 8.15. The normalized spacial score (nSPS) is 11.0. The molecule has 0 atom stereocenters. The molecule has 0 aromatic rings. The predicted molar refractivity (Wildman–Crippen MR) is 48.2 cm³/mol. The lowest BCUT2D eigenvalue weighted by Gasteiger charge is -1.99. The second-order valence-corrected chi connectivity index (χ2v) is 2.78. The lowest BCUT2D eigenvalue weighted by atomic mass is 10.1. The van der Waals surface area contributed by atoms with Crippen molar-refractivity contribution in [3.05, 3.63) is 34.9 Å². The Balaban J connectivity index is 4.51. The minimum absolute atomic E-state index is 0.773. The molecule has 0 aliphatic heterocycles. The Kier molecular flexibility index (Phi) is 4.13. The summed E-state index contributed by atoms with van der Waals surface area (Å²) in [5.74, 6) is 0. The number of halogens is 1. The highest BCUT2D eigenvalue weighted by Crippen LogP contribution is 2.17. The first-order valence-corrected chi connectivity index (χ1v) is 3.60. The summed E-state index contributed by atoms with van der Waals surface area (Å²) in [6.07, 6.45) is 3.48. The fraction of sp³-hybridized carbons (Fsp3) is 0.333. The summed E-state index contributed by atoms with van der Waals surface area (Å²) in [4.78, 5) is 0. The Morgan fingerprint density at radius 1 is 1.30 bits per heavy atom. The third-order valence-electron chi connectivity index (χ3n) is 1.37. The molecule has 0 amide bonds. The summed E-state index contributed by atoms with van der Waals surface area (Å²) < 4.78 is 0. The Labute approximate surface area is 67.9 Å². The second-order valence-electron chi connectivity index (χ2n) is 2.38. The summed E-state index contributed by atoms with van der Waals surface area (Å²) in [6, 6.07) is 0. The van der Waals surface area contributed by atoms with Crippen LogP contribution in [0.1, 0.15) is 20.8 Å². The zero-order valence-corrected chi connectivity index (χ0v) is 7.50. The highest BCUT2D eigenvalue weighted by molar-refractivity contribution is 6.32. The fourth-order valence-corrected chi connectivity index (χ4v) is 0.745. The van der Waals surface area contributed by atoms with Gasteiger partial charge in [0.05, 0.1) is 0 Å². The van der Waals surface area contributed by atoms with Crippen molar-refractivity contribution in [2.24, 2.45) is 0 Å². The maximum atomic E-state index is 5.86. The van der Waals surface area contributed by atoms with Crippen LogP contribution in [0.15, 0.2) is 34.9 Å². The van der Waals surface area contributed by atoms with Crippen LogP contribution in [0.3, 0.4) is 0 Å². The molecule has 0 aliphatic rings. The highest BCUT2D eigenvalue weighted by Gasteiger charge is 1.94. The van der Waals surface area contributed by atoms with Gasteiger partial charge in [0.25, 0.3) is 0 Å². The van der Waals surface area contributed by atoms with Gasteiger partial charge in [-0.1, -0.05) is 29.8 Å². The summed E-state index contributed by atoms with van der Waals surface area (Å²) >= 11 is 5.86. The molecular formula is C9H13Cl. The van der Waals surface area contributed by atoms with Crippen molar-refractivity contribution in [2.45, 2.75) is 20.8 Å². The summed E-state index contributed by atoms with van der Waals surface area (Å²) in [7, 11) is 0. The Morgan fingerprint density at radius 2 is 1.80 bits per heavy atom. The van der Waals surface area contributed by atoms with Crippen LogP contribution < -0.4 is 0 Å². The second kappa shape index (κ2) is 4.35. The average molecular weight is 157 g/mol. The van der Waals surface area contributed by atoms with E-state index in [-0.39, 0.29) is 0 Å². The van der Waals surface area contributed by atoms with Gasteiger partial charge in [-0.05, 0) is 32.4 Å². The lowest BCUT2D eigenvalue weighted by molar-refractivity contribution is 1.28. The van der Waals surface area contributed by atoms with E-state index >= 15 is 0 Å². The number of hydrogen-bond acceptors (Lipinski definition) is 0. The monoisotopic (exact) mass is 156 g/mol. The van der Waals surface area contributed by atoms with E-state index in [9.17, 15) is 0 Å². The molecule has 10 heavy (non-hydrogen) atoms. The molecule has 0 saturated heterocycles. The smallest absolute Gasteiger partial charge is 0.0434 e. The maximum Gasteiger partial charge on any atom is 0.0434 e. The maximum absolute atomic E-state index is 5.86. The van der Waals surface area contributed by atoms with Crippen molar-refractivity contribution in [2.75, 3.05) is 0 Å². The van der Waals surface area contributed by atoms with E-state index in [1.165, 1.54) is 5.57 Å². The first kappa shape index (κ1) is 9.51. The molecule has 0 heterocycles. The largest absolute Gasteiger partial charge is 0.0990 e. The van der Waals surface area contributed by atoms with Gasteiger partial charge in [-0.2, -0.15) is 0 Å². The third-order valence-corrected chi connectivity index (χ3v) is 1.78. The number of allylic oxidation sites excluding steroid dienone is 5. The molecule has 0 fully saturated rings. The minimum atomic E-state index is 0.773. The lowest BCUT2D eigenvalue weighted by Crippen LogP contribution is -1.78. The molecule has 0 unspecified atom stereocenters. The molecule has 0 radical (unpaired) electrons. The molecule has 0 saturated carbocycles. The van der Waals surface area contributed by atoms with E-state index in [0.717, 1.165) is 10.6 Å². The summed E-state index contributed by atoms with van der Waals surface area (Å²) in [5, 5.41) is 0.773. The first-order chi connectivity index (χ1) is 4.59. The zero-order valence-electron chi connectivity index (χ0n) is 6.74. The molecule has 0 aliphatic carbocycles. The summed E-state index contributed by atoms with van der Waals surface area (Å²) in [5.41, 5.74) is 2.37. The quantitative estimate of drug-likeness (QED) is 0.536. The molecule has 0 nitrogen and oxygen atoms in total. The molecule has 0 spiro atoms. The van der Waals surface area contributed by atoms with E-state index in [2.05, 4.69) is 6.58 Å². The minimum Gasteiger partial charge on any atom is -0.0990 e. The molecular weight excluding hydrogens is 144 g/mol. The van der Waals surface area contributed by atoms with Gasteiger partial charge in [0.1, 0.15) is 0 Å². The molecule has 0 aromatic heterocycles. The molecule has 1 heteroatoms. The van der Waals surface area contributed by atoms with E-state index in [1.54, 1.807) is 12.2 Å². The van der Waals surface area contributed by atoms with Crippen LogP contribution in [0.25, 0.3) is 0 Å². The van der Waals surface area contributed by atoms with Crippen LogP contribution in [0.5, 0.6) is 0 Å². The Morgan fingerprint density at radius 3 is 2.10 bits per heavy atom. The topological polar surface area (TPSA) is 0 Å². The van der Waals surface area contributed by atoms with Gasteiger partial charge < -0.3 is 0 Å². The number of rotatable bonds is 2. The Bertz CT molecular complexity index is 181. The van der Waals surface area contributed by atoms with Crippen molar-refractivity contribution >= 4 is 11.6 Å². The SMILES string of the molecule is C=CC=C(Cl)C(C)=C(C)C. The van der Waals surface area contributed by atoms with Gasteiger partial charge in [-0.25, -0.2) is 0 Å². The third kappa shape index (κ3) is 2.88. The van der Waals surface area contributed by atoms with Gasteiger partial charge in [0, 0.05) is 5.03 Å². The summed E-state index contributed by atoms with van der Waals surface area (Å²) in [6.45, 7) is 9.63. The van der Waals surface area contributed by atoms with Crippen molar-refractivity contribution in [3.63, 3.8) is 0 Å². The van der Waals surface area contributed by atoms with Crippen molar-refractivity contribution in [1.82, 2.24) is 0 Å². The van der Waals surface area contributed by atoms with Gasteiger partial charge in [0.15, 0.2) is 0 Å². The fourth-order valence-electron chi connectivity index (χ4n) is 0.467. The van der Waals surface area contributed by atoms with E-state index in [1.807, 2.05) is 20.8 Å². The Hall–Kier alpha value is -0.490. The molecule has 0 aromatic carbocycles. The standard InChI is InChI=1S/C9H13Cl/c1-5-6-9(10)8(4)7(2)3/h5-6H,1H2,2-4H3. The van der Waals surface area contributed by atoms with E-state index < -0.39 is 0 Å². The van der Waals surface area contributed by atoms with Crippen LogP contribution in [0.4, 0.5) is 0 Å². The molecule has 0 N–H and O–H groups in total. The predicted octanol–water partition coefficient (Wildman–Crippen LogP) is 3.65. The average Bonchev–Trinajstić information content (AvgIpc) is 1.87. The van der Waals surface area contributed by atoms with Gasteiger partial charge >= 0.3 is 0 Å². The van der Waals surface area contributed by atoms with E-state index in [4.69, 9.17) is 11.6 Å². The van der Waals surface area contributed by atoms with Crippen LogP contribution in [-0.2, 0) is 0 Å². The van der Waals surface area contributed by atoms with Crippen LogP contribution in [0.2, 0.25) is 0 Å². The van der Waals surface area contributed by atoms with Gasteiger partial charge in [-0.3, -0.25) is 0 Å².